The van der Waals surface area contributed by atoms with Crippen molar-refractivity contribution in [3.05, 3.63) is 77.0 Å². The van der Waals surface area contributed by atoms with Crippen LogP contribution in [0.15, 0.2) is 71.5 Å². The van der Waals surface area contributed by atoms with Crippen molar-refractivity contribution >= 4 is 59.9 Å². The number of hydrogen-bond acceptors (Lipinski definition) is 5. The zero-order valence-corrected chi connectivity index (χ0v) is 15.8. The molecule has 0 fully saturated rings. The Hall–Kier alpha value is -2.77. The standard InChI is InChI=1S/C19H13BrN4OS/c20-13-9-12(10-21-11-13)18(25)23-15-7-4-8-16-17(15)24-19(26-16)22-14-5-2-1-3-6-14/h1-11H,(H,22,24)(H,23,25). The van der Waals surface area contributed by atoms with Crippen LogP contribution in [0.3, 0.4) is 0 Å². The van der Waals surface area contributed by atoms with E-state index in [2.05, 4.69) is 36.5 Å². The first-order chi connectivity index (χ1) is 12.7. The van der Waals surface area contributed by atoms with E-state index in [1.165, 1.54) is 17.5 Å². The lowest BCUT2D eigenvalue weighted by molar-refractivity contribution is 0.102. The summed E-state index contributed by atoms with van der Waals surface area (Å²) >= 11 is 4.87. The summed E-state index contributed by atoms with van der Waals surface area (Å²) in [6, 6.07) is 17.3. The van der Waals surface area contributed by atoms with Crippen molar-refractivity contribution in [1.82, 2.24) is 9.97 Å². The van der Waals surface area contributed by atoms with Crippen LogP contribution in [0, 0.1) is 0 Å². The number of aromatic nitrogens is 2. The Balaban J connectivity index is 1.62. The van der Waals surface area contributed by atoms with E-state index in [-0.39, 0.29) is 5.91 Å². The van der Waals surface area contributed by atoms with Gasteiger partial charge in [0, 0.05) is 22.6 Å². The second-order valence-corrected chi connectivity index (χ2v) is 7.45. The third-order valence-electron chi connectivity index (χ3n) is 3.66. The summed E-state index contributed by atoms with van der Waals surface area (Å²) in [5.41, 5.74) is 2.88. The van der Waals surface area contributed by atoms with Crippen LogP contribution in [-0.2, 0) is 0 Å². The Morgan fingerprint density at radius 1 is 1.04 bits per heavy atom. The molecule has 2 aromatic heterocycles. The van der Waals surface area contributed by atoms with E-state index in [1.54, 1.807) is 12.3 Å². The normalized spacial score (nSPS) is 10.7. The minimum Gasteiger partial charge on any atom is -0.332 e. The van der Waals surface area contributed by atoms with Gasteiger partial charge in [0.25, 0.3) is 5.91 Å². The number of para-hydroxylation sites is 2. The van der Waals surface area contributed by atoms with E-state index in [4.69, 9.17) is 0 Å². The number of rotatable bonds is 4. The van der Waals surface area contributed by atoms with Crippen LogP contribution in [-0.4, -0.2) is 15.9 Å². The molecule has 0 saturated carbocycles. The molecule has 7 heteroatoms. The van der Waals surface area contributed by atoms with Gasteiger partial charge in [-0.25, -0.2) is 4.98 Å². The fraction of sp³-hybridized carbons (Fsp3) is 0. The van der Waals surface area contributed by atoms with Crippen molar-refractivity contribution < 1.29 is 4.79 Å². The van der Waals surface area contributed by atoms with Gasteiger partial charge in [-0.3, -0.25) is 9.78 Å². The number of nitrogens with zero attached hydrogens (tertiary/aromatic N) is 2. The van der Waals surface area contributed by atoms with Gasteiger partial charge in [-0.1, -0.05) is 35.6 Å². The highest BCUT2D eigenvalue weighted by molar-refractivity contribution is 9.10. The van der Waals surface area contributed by atoms with Gasteiger partial charge >= 0.3 is 0 Å². The van der Waals surface area contributed by atoms with Crippen molar-refractivity contribution in [2.45, 2.75) is 0 Å². The number of fused-ring (bicyclic) bond motifs is 1. The zero-order chi connectivity index (χ0) is 17.9. The van der Waals surface area contributed by atoms with Gasteiger partial charge in [0.05, 0.1) is 16.0 Å². The molecule has 4 aromatic rings. The van der Waals surface area contributed by atoms with Gasteiger partial charge in [-0.15, -0.1) is 0 Å². The molecule has 4 rings (SSSR count). The molecule has 2 N–H and O–H groups in total. The molecular formula is C19H13BrN4OS. The topological polar surface area (TPSA) is 66.9 Å². The lowest BCUT2D eigenvalue weighted by Gasteiger charge is -2.06. The fourth-order valence-corrected chi connectivity index (χ4v) is 3.76. The quantitative estimate of drug-likeness (QED) is 0.456. The molecule has 0 aliphatic carbocycles. The van der Waals surface area contributed by atoms with E-state index < -0.39 is 0 Å². The Labute approximate surface area is 162 Å². The molecule has 0 saturated heterocycles. The average molecular weight is 425 g/mol. The van der Waals surface area contributed by atoms with E-state index in [1.807, 2.05) is 48.5 Å². The predicted molar refractivity (Wildman–Crippen MR) is 109 cm³/mol. The Morgan fingerprint density at radius 2 is 1.88 bits per heavy atom. The number of carbonyl (C=O) groups excluding carboxylic acids is 1. The van der Waals surface area contributed by atoms with E-state index >= 15 is 0 Å². The molecule has 2 aromatic carbocycles. The van der Waals surface area contributed by atoms with Gasteiger partial charge < -0.3 is 10.6 Å². The molecule has 0 aliphatic rings. The number of thiazole rings is 1. The molecule has 0 bridgehead atoms. The third kappa shape index (κ3) is 3.58. The molecule has 0 spiro atoms. The second kappa shape index (κ2) is 7.23. The van der Waals surface area contributed by atoms with E-state index in [0.717, 1.165) is 25.5 Å². The van der Waals surface area contributed by atoms with Crippen molar-refractivity contribution in [1.29, 1.82) is 0 Å². The number of benzene rings is 2. The molecule has 128 valence electrons. The summed E-state index contributed by atoms with van der Waals surface area (Å²) in [4.78, 5) is 21.2. The Kier molecular flexibility index (Phi) is 4.64. The van der Waals surface area contributed by atoms with Crippen LogP contribution in [0.4, 0.5) is 16.5 Å². The number of amides is 1. The van der Waals surface area contributed by atoms with Gasteiger partial charge in [-0.2, -0.15) is 0 Å². The SMILES string of the molecule is O=C(Nc1cccc2sc(Nc3ccccc3)nc12)c1cncc(Br)c1. The minimum absolute atomic E-state index is 0.225. The third-order valence-corrected chi connectivity index (χ3v) is 5.03. The van der Waals surface area contributed by atoms with Crippen molar-refractivity contribution in [2.75, 3.05) is 10.6 Å². The molecule has 0 aliphatic heterocycles. The Morgan fingerprint density at radius 3 is 2.69 bits per heavy atom. The number of nitrogens with one attached hydrogen (secondary N) is 2. The maximum atomic E-state index is 12.5. The minimum atomic E-state index is -0.225. The molecule has 2 heterocycles. The number of hydrogen-bond donors (Lipinski definition) is 2. The molecule has 0 unspecified atom stereocenters. The predicted octanol–water partition coefficient (Wildman–Crippen LogP) is 5.45. The monoisotopic (exact) mass is 424 g/mol. The number of carbonyl (C=O) groups is 1. The van der Waals surface area contributed by atoms with E-state index in [0.29, 0.717) is 11.3 Å². The van der Waals surface area contributed by atoms with Gasteiger partial charge in [0.15, 0.2) is 5.13 Å². The highest BCUT2D eigenvalue weighted by Crippen LogP contribution is 2.32. The van der Waals surface area contributed by atoms with E-state index in [9.17, 15) is 4.79 Å². The van der Waals surface area contributed by atoms with Crippen LogP contribution < -0.4 is 10.6 Å². The summed E-state index contributed by atoms with van der Waals surface area (Å²) < 4.78 is 1.75. The second-order valence-electron chi connectivity index (χ2n) is 5.51. The average Bonchev–Trinajstić information content (AvgIpc) is 3.06. The molecular weight excluding hydrogens is 412 g/mol. The fourth-order valence-electron chi connectivity index (χ4n) is 2.48. The summed E-state index contributed by atoms with van der Waals surface area (Å²) in [6.45, 7) is 0. The summed E-state index contributed by atoms with van der Waals surface area (Å²) in [5.74, 6) is -0.225. The molecule has 0 atom stereocenters. The first kappa shape index (κ1) is 16.7. The van der Waals surface area contributed by atoms with Crippen LogP contribution in [0.2, 0.25) is 0 Å². The van der Waals surface area contributed by atoms with Crippen molar-refractivity contribution in [2.24, 2.45) is 0 Å². The molecule has 26 heavy (non-hydrogen) atoms. The first-order valence-electron chi connectivity index (χ1n) is 7.82. The highest BCUT2D eigenvalue weighted by atomic mass is 79.9. The highest BCUT2D eigenvalue weighted by Gasteiger charge is 2.12. The van der Waals surface area contributed by atoms with Crippen LogP contribution in [0.5, 0.6) is 0 Å². The Bertz CT molecular complexity index is 1080. The maximum Gasteiger partial charge on any atom is 0.257 e. The van der Waals surface area contributed by atoms with Crippen molar-refractivity contribution in [3.8, 4) is 0 Å². The first-order valence-corrected chi connectivity index (χ1v) is 9.43. The van der Waals surface area contributed by atoms with Gasteiger partial charge in [0.2, 0.25) is 0 Å². The van der Waals surface area contributed by atoms with Crippen LogP contribution in [0.1, 0.15) is 10.4 Å². The van der Waals surface area contributed by atoms with Crippen LogP contribution in [0.25, 0.3) is 10.2 Å². The molecule has 1 amide bonds. The number of anilines is 3. The lowest BCUT2D eigenvalue weighted by atomic mass is 10.2. The van der Waals surface area contributed by atoms with Gasteiger partial charge in [0.1, 0.15) is 5.52 Å². The summed E-state index contributed by atoms with van der Waals surface area (Å²) in [7, 11) is 0. The summed E-state index contributed by atoms with van der Waals surface area (Å²) in [5, 5.41) is 6.99. The van der Waals surface area contributed by atoms with Gasteiger partial charge in [-0.05, 0) is 46.3 Å². The lowest BCUT2D eigenvalue weighted by Crippen LogP contribution is -2.12. The zero-order valence-electron chi connectivity index (χ0n) is 13.4. The summed E-state index contributed by atoms with van der Waals surface area (Å²) in [6.07, 6.45) is 3.17. The van der Waals surface area contributed by atoms with Crippen LogP contribution >= 0.6 is 27.3 Å². The van der Waals surface area contributed by atoms with Crippen molar-refractivity contribution in [3.63, 3.8) is 0 Å². The number of pyridine rings is 1. The molecule has 0 radical (unpaired) electrons. The molecule has 5 nitrogen and oxygen atoms in total. The largest absolute Gasteiger partial charge is 0.332 e. The number of halogens is 1. The smallest absolute Gasteiger partial charge is 0.257 e. The maximum absolute atomic E-state index is 12.5.